The standard InChI is InChI=1S/C15H14ClFN2O3S/c16-12-3-7-14(8-4-12)23(21,22)19(10-15(18)20)9-11-1-5-13(17)6-2-11/h1-8H,9-10H2,(H2,18,20). The van der Waals surface area contributed by atoms with Gasteiger partial charge in [-0.3, -0.25) is 4.79 Å². The Hall–Kier alpha value is -1.96. The first-order valence-electron chi connectivity index (χ1n) is 6.57. The molecular weight excluding hydrogens is 343 g/mol. The average molecular weight is 357 g/mol. The highest BCUT2D eigenvalue weighted by molar-refractivity contribution is 7.89. The van der Waals surface area contributed by atoms with Crippen LogP contribution in [0.15, 0.2) is 53.4 Å². The zero-order valence-electron chi connectivity index (χ0n) is 11.9. The Kier molecular flexibility index (Phi) is 5.35. The number of nitrogens with two attached hydrogens (primary N) is 1. The fourth-order valence-corrected chi connectivity index (χ4v) is 3.47. The van der Waals surface area contributed by atoms with Crippen LogP contribution in [0.3, 0.4) is 0 Å². The van der Waals surface area contributed by atoms with Gasteiger partial charge in [0.05, 0.1) is 11.4 Å². The number of sulfonamides is 1. The van der Waals surface area contributed by atoms with Crippen molar-refractivity contribution in [2.45, 2.75) is 11.4 Å². The Balaban J connectivity index is 2.34. The van der Waals surface area contributed by atoms with Crippen LogP contribution in [0.2, 0.25) is 5.02 Å². The van der Waals surface area contributed by atoms with Gasteiger partial charge in [-0.25, -0.2) is 12.8 Å². The summed E-state index contributed by atoms with van der Waals surface area (Å²) in [5, 5.41) is 0.393. The second-order valence-corrected chi connectivity index (χ2v) is 7.19. The summed E-state index contributed by atoms with van der Waals surface area (Å²) in [6, 6.07) is 10.9. The summed E-state index contributed by atoms with van der Waals surface area (Å²) in [5.74, 6) is -1.22. The van der Waals surface area contributed by atoms with E-state index in [1.165, 1.54) is 48.5 Å². The minimum absolute atomic E-state index is 0.00902. The molecule has 1 amide bonds. The first-order valence-corrected chi connectivity index (χ1v) is 8.39. The van der Waals surface area contributed by atoms with Gasteiger partial charge in [0.2, 0.25) is 15.9 Å². The Morgan fingerprint density at radius 3 is 2.17 bits per heavy atom. The summed E-state index contributed by atoms with van der Waals surface area (Å²) < 4.78 is 39.2. The van der Waals surface area contributed by atoms with Crippen molar-refractivity contribution >= 4 is 27.5 Å². The molecule has 23 heavy (non-hydrogen) atoms. The lowest BCUT2D eigenvalue weighted by Crippen LogP contribution is -2.38. The molecule has 8 heteroatoms. The molecule has 0 unspecified atom stereocenters. The summed E-state index contributed by atoms with van der Waals surface area (Å²) in [6.45, 7) is -0.587. The lowest BCUT2D eigenvalue weighted by Gasteiger charge is -2.21. The van der Waals surface area contributed by atoms with Crippen molar-refractivity contribution in [3.05, 3.63) is 64.9 Å². The molecule has 5 nitrogen and oxygen atoms in total. The van der Waals surface area contributed by atoms with E-state index in [1.807, 2.05) is 0 Å². The number of amides is 1. The van der Waals surface area contributed by atoms with Crippen LogP contribution in [0.1, 0.15) is 5.56 Å². The molecule has 2 aromatic carbocycles. The third-order valence-electron chi connectivity index (χ3n) is 3.06. The van der Waals surface area contributed by atoms with Crippen LogP contribution in [0.25, 0.3) is 0 Å². The highest BCUT2D eigenvalue weighted by atomic mass is 35.5. The Morgan fingerprint density at radius 1 is 1.09 bits per heavy atom. The maximum absolute atomic E-state index is 13.0. The van der Waals surface area contributed by atoms with E-state index in [-0.39, 0.29) is 11.4 Å². The predicted molar refractivity (Wildman–Crippen MR) is 84.6 cm³/mol. The zero-order chi connectivity index (χ0) is 17.0. The molecule has 0 saturated heterocycles. The van der Waals surface area contributed by atoms with E-state index >= 15 is 0 Å². The number of benzene rings is 2. The van der Waals surface area contributed by atoms with Crippen LogP contribution in [-0.2, 0) is 21.4 Å². The van der Waals surface area contributed by atoms with Gasteiger partial charge in [0.25, 0.3) is 0 Å². The minimum atomic E-state index is -3.94. The van der Waals surface area contributed by atoms with Crippen molar-refractivity contribution in [2.24, 2.45) is 5.73 Å². The van der Waals surface area contributed by atoms with Gasteiger partial charge in [-0.1, -0.05) is 23.7 Å². The van der Waals surface area contributed by atoms with E-state index < -0.39 is 28.3 Å². The maximum Gasteiger partial charge on any atom is 0.243 e. The molecule has 2 aromatic rings. The number of carbonyl (C=O) groups excluding carboxylic acids is 1. The monoisotopic (exact) mass is 356 g/mol. The summed E-state index contributed by atoms with van der Waals surface area (Å²) in [5.41, 5.74) is 5.68. The van der Waals surface area contributed by atoms with E-state index in [4.69, 9.17) is 17.3 Å². The summed E-state index contributed by atoms with van der Waals surface area (Å²) >= 11 is 5.75. The third-order valence-corrected chi connectivity index (χ3v) is 5.11. The zero-order valence-corrected chi connectivity index (χ0v) is 13.5. The van der Waals surface area contributed by atoms with Crippen LogP contribution < -0.4 is 5.73 Å². The molecule has 0 spiro atoms. The van der Waals surface area contributed by atoms with Gasteiger partial charge < -0.3 is 5.73 Å². The number of carbonyl (C=O) groups is 1. The van der Waals surface area contributed by atoms with E-state index in [1.54, 1.807) is 0 Å². The van der Waals surface area contributed by atoms with Gasteiger partial charge in [0.15, 0.2) is 0 Å². The van der Waals surface area contributed by atoms with Crippen LogP contribution in [0.5, 0.6) is 0 Å². The molecule has 0 aliphatic rings. The molecule has 0 aliphatic carbocycles. The Bertz CT molecular complexity index is 792. The van der Waals surface area contributed by atoms with E-state index in [0.717, 1.165) is 4.31 Å². The molecule has 0 heterocycles. The number of hydrogen-bond donors (Lipinski definition) is 1. The van der Waals surface area contributed by atoms with Crippen molar-refractivity contribution in [1.82, 2.24) is 4.31 Å². The first kappa shape index (κ1) is 17.4. The van der Waals surface area contributed by atoms with Crippen LogP contribution in [0, 0.1) is 5.82 Å². The fraction of sp³-hybridized carbons (Fsp3) is 0.133. The topological polar surface area (TPSA) is 80.5 Å². The normalized spacial score (nSPS) is 11.6. The molecular formula is C15H14ClFN2O3S. The number of hydrogen-bond acceptors (Lipinski definition) is 3. The van der Waals surface area contributed by atoms with Gasteiger partial charge in [0, 0.05) is 11.6 Å². The first-order chi connectivity index (χ1) is 10.8. The smallest absolute Gasteiger partial charge is 0.243 e. The average Bonchev–Trinajstić information content (AvgIpc) is 2.49. The van der Waals surface area contributed by atoms with Crippen molar-refractivity contribution in [3.63, 3.8) is 0 Å². The summed E-state index contributed by atoms with van der Waals surface area (Å²) in [7, 11) is -3.94. The SMILES string of the molecule is NC(=O)CN(Cc1ccc(F)cc1)S(=O)(=O)c1ccc(Cl)cc1. The van der Waals surface area contributed by atoms with Crippen LogP contribution in [-0.4, -0.2) is 25.2 Å². The minimum Gasteiger partial charge on any atom is -0.369 e. The molecule has 0 radical (unpaired) electrons. The number of halogens is 2. The van der Waals surface area contributed by atoms with Crippen molar-refractivity contribution in [3.8, 4) is 0 Å². The second kappa shape index (κ2) is 7.08. The molecule has 0 fully saturated rings. The third kappa shape index (κ3) is 4.51. The van der Waals surface area contributed by atoms with Crippen molar-refractivity contribution in [2.75, 3.05) is 6.54 Å². The van der Waals surface area contributed by atoms with Crippen molar-refractivity contribution < 1.29 is 17.6 Å². The highest BCUT2D eigenvalue weighted by Crippen LogP contribution is 2.20. The van der Waals surface area contributed by atoms with Gasteiger partial charge in [-0.2, -0.15) is 4.31 Å². The van der Waals surface area contributed by atoms with Crippen LogP contribution >= 0.6 is 11.6 Å². The lowest BCUT2D eigenvalue weighted by atomic mass is 10.2. The van der Waals surface area contributed by atoms with Gasteiger partial charge in [-0.15, -0.1) is 0 Å². The second-order valence-electron chi connectivity index (χ2n) is 4.82. The molecule has 0 aromatic heterocycles. The highest BCUT2D eigenvalue weighted by Gasteiger charge is 2.26. The van der Waals surface area contributed by atoms with E-state index in [9.17, 15) is 17.6 Å². The molecule has 2 N–H and O–H groups in total. The number of primary amides is 1. The van der Waals surface area contributed by atoms with Gasteiger partial charge >= 0.3 is 0 Å². The molecule has 0 bridgehead atoms. The van der Waals surface area contributed by atoms with Gasteiger partial charge in [0.1, 0.15) is 5.82 Å². The lowest BCUT2D eigenvalue weighted by molar-refractivity contribution is -0.118. The Morgan fingerprint density at radius 2 is 1.65 bits per heavy atom. The molecule has 2 rings (SSSR count). The van der Waals surface area contributed by atoms with Crippen LogP contribution in [0.4, 0.5) is 4.39 Å². The number of nitrogens with zero attached hydrogens (tertiary/aromatic N) is 1. The summed E-state index contributed by atoms with van der Waals surface area (Å²) in [6.07, 6.45) is 0. The largest absolute Gasteiger partial charge is 0.369 e. The molecule has 0 aliphatic heterocycles. The van der Waals surface area contributed by atoms with E-state index in [2.05, 4.69) is 0 Å². The predicted octanol–water partition coefficient (Wildman–Crippen LogP) is 2.16. The summed E-state index contributed by atoms with van der Waals surface area (Å²) in [4.78, 5) is 11.2. The molecule has 122 valence electrons. The molecule has 0 atom stereocenters. The van der Waals surface area contributed by atoms with Gasteiger partial charge in [-0.05, 0) is 42.0 Å². The molecule has 0 saturated carbocycles. The van der Waals surface area contributed by atoms with E-state index in [0.29, 0.717) is 10.6 Å². The quantitative estimate of drug-likeness (QED) is 0.861. The fourth-order valence-electron chi connectivity index (χ4n) is 1.95. The van der Waals surface area contributed by atoms with Crippen molar-refractivity contribution in [1.29, 1.82) is 0 Å². The maximum atomic E-state index is 13.0. The Labute approximate surface area is 138 Å². The number of rotatable bonds is 6.